The van der Waals surface area contributed by atoms with Crippen molar-refractivity contribution in [3.8, 4) is 0 Å². The van der Waals surface area contributed by atoms with Crippen molar-refractivity contribution in [2.75, 3.05) is 50.7 Å². The summed E-state index contributed by atoms with van der Waals surface area (Å²) in [5.41, 5.74) is 4.07. The number of hydrogen-bond donors (Lipinski definition) is 1. The van der Waals surface area contributed by atoms with E-state index in [4.69, 9.17) is 4.98 Å². The smallest absolute Gasteiger partial charge is 0.251 e. The number of sulfonamides is 1. The molecule has 2 aromatic carbocycles. The van der Waals surface area contributed by atoms with Crippen molar-refractivity contribution in [1.82, 2.24) is 19.5 Å². The standard InChI is InChI=1S/C28H37N5O3S2/c1-20-18-21(2)26-25(19-20)37-28(30-26)32-16-14-31(15-17-32)13-11-29-27(34)23-7-9-24(10-8-23)38(35,36)33-12-5-4-6-22(33)3/h7-10,18-19,22H,4-6,11-17H2,1-3H3,(H,29,34). The van der Waals surface area contributed by atoms with Crippen LogP contribution in [0, 0.1) is 13.8 Å². The van der Waals surface area contributed by atoms with Crippen LogP contribution in [0.2, 0.25) is 0 Å². The number of aromatic nitrogens is 1. The van der Waals surface area contributed by atoms with Gasteiger partial charge in [-0.3, -0.25) is 9.69 Å². The molecule has 1 unspecified atom stereocenters. The van der Waals surface area contributed by atoms with E-state index in [2.05, 4.69) is 41.1 Å². The first-order valence-electron chi connectivity index (χ1n) is 13.5. The molecular formula is C28H37N5O3S2. The zero-order chi connectivity index (χ0) is 26.9. The molecule has 3 aromatic rings. The average molecular weight is 556 g/mol. The van der Waals surface area contributed by atoms with E-state index in [0.717, 1.165) is 62.6 Å². The van der Waals surface area contributed by atoms with Crippen LogP contribution in [0.4, 0.5) is 5.13 Å². The molecule has 0 spiro atoms. The molecule has 0 bridgehead atoms. The van der Waals surface area contributed by atoms with Crippen LogP contribution >= 0.6 is 11.3 Å². The van der Waals surface area contributed by atoms with E-state index in [1.54, 1.807) is 39.9 Å². The van der Waals surface area contributed by atoms with Crippen molar-refractivity contribution < 1.29 is 13.2 Å². The number of nitrogens with zero attached hydrogens (tertiary/aromatic N) is 4. The topological polar surface area (TPSA) is 85.9 Å². The largest absolute Gasteiger partial charge is 0.351 e. The minimum Gasteiger partial charge on any atom is -0.351 e. The number of piperazine rings is 1. The average Bonchev–Trinajstić information content (AvgIpc) is 3.34. The molecule has 10 heteroatoms. The number of piperidine rings is 1. The molecule has 1 atom stereocenters. The summed E-state index contributed by atoms with van der Waals surface area (Å²) < 4.78 is 28.9. The predicted octanol–water partition coefficient (Wildman–Crippen LogP) is 4.03. The number of hydrogen-bond acceptors (Lipinski definition) is 7. The molecular weight excluding hydrogens is 518 g/mol. The van der Waals surface area contributed by atoms with Gasteiger partial charge in [-0.2, -0.15) is 4.31 Å². The van der Waals surface area contributed by atoms with Gasteiger partial charge in [-0.1, -0.05) is 23.8 Å². The van der Waals surface area contributed by atoms with Gasteiger partial charge in [-0.15, -0.1) is 0 Å². The molecule has 5 rings (SSSR count). The molecule has 0 saturated carbocycles. The summed E-state index contributed by atoms with van der Waals surface area (Å²) in [5, 5.41) is 4.07. The Morgan fingerprint density at radius 2 is 1.79 bits per heavy atom. The molecule has 204 valence electrons. The zero-order valence-corrected chi connectivity index (χ0v) is 24.1. The van der Waals surface area contributed by atoms with Crippen LogP contribution in [-0.2, 0) is 10.0 Å². The van der Waals surface area contributed by atoms with E-state index in [1.165, 1.54) is 15.8 Å². The van der Waals surface area contributed by atoms with E-state index >= 15 is 0 Å². The van der Waals surface area contributed by atoms with Gasteiger partial charge in [-0.25, -0.2) is 13.4 Å². The van der Waals surface area contributed by atoms with Crippen molar-refractivity contribution in [1.29, 1.82) is 0 Å². The first-order valence-corrected chi connectivity index (χ1v) is 15.7. The van der Waals surface area contributed by atoms with E-state index in [-0.39, 0.29) is 16.8 Å². The number of thiazole rings is 1. The molecule has 1 N–H and O–H groups in total. The highest BCUT2D eigenvalue weighted by atomic mass is 32.2. The Labute approximate surface area is 229 Å². The fraction of sp³-hybridized carbons (Fsp3) is 0.500. The monoisotopic (exact) mass is 555 g/mol. The highest BCUT2D eigenvalue weighted by molar-refractivity contribution is 7.89. The number of anilines is 1. The van der Waals surface area contributed by atoms with Gasteiger partial charge in [-0.05, 0) is 75.1 Å². The Morgan fingerprint density at radius 3 is 2.50 bits per heavy atom. The normalized spacial score (nSPS) is 19.7. The Morgan fingerprint density at radius 1 is 1.05 bits per heavy atom. The first-order chi connectivity index (χ1) is 18.2. The maximum atomic E-state index is 13.0. The van der Waals surface area contributed by atoms with Crippen LogP contribution < -0.4 is 10.2 Å². The Balaban J connectivity index is 1.09. The van der Waals surface area contributed by atoms with E-state index < -0.39 is 10.0 Å². The molecule has 0 aliphatic carbocycles. The molecule has 1 amide bonds. The van der Waals surface area contributed by atoms with Gasteiger partial charge in [0.15, 0.2) is 5.13 Å². The minimum absolute atomic E-state index is 0.00765. The maximum absolute atomic E-state index is 13.0. The number of carbonyl (C=O) groups excluding carboxylic acids is 1. The van der Waals surface area contributed by atoms with E-state index in [9.17, 15) is 13.2 Å². The number of amides is 1. The second kappa shape index (κ2) is 11.3. The lowest BCUT2D eigenvalue weighted by Gasteiger charge is -2.34. The summed E-state index contributed by atoms with van der Waals surface area (Å²) in [6.07, 6.45) is 2.83. The van der Waals surface area contributed by atoms with E-state index in [1.807, 2.05) is 6.92 Å². The molecule has 2 fully saturated rings. The van der Waals surface area contributed by atoms with Crippen LogP contribution in [0.5, 0.6) is 0 Å². The third kappa shape index (κ3) is 5.73. The Bertz CT molecular complexity index is 1400. The molecule has 2 aliphatic heterocycles. The maximum Gasteiger partial charge on any atom is 0.251 e. The number of fused-ring (bicyclic) bond motifs is 1. The van der Waals surface area contributed by atoms with Crippen LogP contribution in [0.25, 0.3) is 10.2 Å². The van der Waals surface area contributed by atoms with Crippen LogP contribution in [0.1, 0.15) is 47.7 Å². The Hall–Kier alpha value is -2.53. The Kier molecular flexibility index (Phi) is 8.04. The van der Waals surface area contributed by atoms with Gasteiger partial charge in [0.2, 0.25) is 10.0 Å². The van der Waals surface area contributed by atoms with Crippen molar-refractivity contribution in [2.45, 2.75) is 51.0 Å². The van der Waals surface area contributed by atoms with E-state index in [0.29, 0.717) is 18.7 Å². The van der Waals surface area contributed by atoms with Crippen molar-refractivity contribution >= 4 is 42.6 Å². The summed E-state index contributed by atoms with van der Waals surface area (Å²) in [6, 6.07) is 10.7. The first kappa shape index (κ1) is 27.1. The van der Waals surface area contributed by atoms with Crippen molar-refractivity contribution in [2.24, 2.45) is 0 Å². The molecule has 1 aromatic heterocycles. The lowest BCUT2D eigenvalue weighted by atomic mass is 10.1. The van der Waals surface area contributed by atoms with Crippen LogP contribution in [-0.4, -0.2) is 80.4 Å². The fourth-order valence-electron chi connectivity index (χ4n) is 5.43. The summed E-state index contributed by atoms with van der Waals surface area (Å²) in [5.74, 6) is -0.181. The van der Waals surface area contributed by atoms with Crippen LogP contribution in [0.15, 0.2) is 41.3 Å². The summed E-state index contributed by atoms with van der Waals surface area (Å²) in [7, 11) is -3.53. The summed E-state index contributed by atoms with van der Waals surface area (Å²) in [4.78, 5) is 22.5. The molecule has 2 saturated heterocycles. The third-order valence-corrected chi connectivity index (χ3v) is 10.7. The molecule has 38 heavy (non-hydrogen) atoms. The molecule has 2 aliphatic rings. The SMILES string of the molecule is Cc1cc(C)c2nc(N3CCN(CCNC(=O)c4ccc(S(=O)(=O)N5CCCCC5C)cc4)CC3)sc2c1. The highest BCUT2D eigenvalue weighted by Gasteiger charge is 2.31. The van der Waals surface area contributed by atoms with Gasteiger partial charge >= 0.3 is 0 Å². The highest BCUT2D eigenvalue weighted by Crippen LogP contribution is 2.32. The zero-order valence-electron chi connectivity index (χ0n) is 22.4. The predicted molar refractivity (Wildman–Crippen MR) is 154 cm³/mol. The number of carbonyl (C=O) groups is 1. The quantitative estimate of drug-likeness (QED) is 0.474. The second-order valence-corrected chi connectivity index (χ2v) is 13.4. The minimum atomic E-state index is -3.53. The van der Waals surface area contributed by atoms with Crippen molar-refractivity contribution in [3.05, 3.63) is 53.1 Å². The van der Waals surface area contributed by atoms with Gasteiger partial charge in [0.1, 0.15) is 0 Å². The summed E-state index contributed by atoms with van der Waals surface area (Å²) >= 11 is 1.76. The number of rotatable bonds is 7. The van der Waals surface area contributed by atoms with Gasteiger partial charge in [0.25, 0.3) is 5.91 Å². The van der Waals surface area contributed by atoms with Gasteiger partial charge in [0.05, 0.1) is 15.1 Å². The molecule has 8 nitrogen and oxygen atoms in total. The van der Waals surface area contributed by atoms with Crippen LogP contribution in [0.3, 0.4) is 0 Å². The van der Waals surface area contributed by atoms with Gasteiger partial charge < -0.3 is 10.2 Å². The second-order valence-electron chi connectivity index (χ2n) is 10.5. The number of nitrogens with one attached hydrogen (secondary N) is 1. The molecule has 0 radical (unpaired) electrons. The lowest BCUT2D eigenvalue weighted by Crippen LogP contribution is -2.48. The number of aryl methyl sites for hydroxylation is 2. The van der Waals surface area contributed by atoms with Crippen molar-refractivity contribution in [3.63, 3.8) is 0 Å². The third-order valence-electron chi connectivity index (χ3n) is 7.64. The summed E-state index contributed by atoms with van der Waals surface area (Å²) in [6.45, 7) is 11.8. The number of benzene rings is 2. The molecule has 3 heterocycles. The van der Waals surface area contributed by atoms with Gasteiger partial charge in [0, 0.05) is 57.4 Å². The fourth-order valence-corrected chi connectivity index (χ4v) is 8.32. The lowest BCUT2D eigenvalue weighted by molar-refractivity contribution is 0.0947.